The number of nitro groups is 1. The summed E-state index contributed by atoms with van der Waals surface area (Å²) in [6.45, 7) is 0.682. The molecule has 0 spiro atoms. The predicted octanol–water partition coefficient (Wildman–Crippen LogP) is 4.85. The maximum atomic E-state index is 12.9. The molecular weight excluding hydrogens is 438 g/mol. The number of nitrogens with zero attached hydrogens (tertiary/aromatic N) is 2. The Kier molecular flexibility index (Phi) is 8.39. The van der Waals surface area contributed by atoms with Crippen molar-refractivity contribution in [3.8, 4) is 5.75 Å². The van der Waals surface area contributed by atoms with Crippen LogP contribution in [0.25, 0.3) is 0 Å². The smallest absolute Gasteiger partial charge is 0.326 e. The molecule has 3 aromatic rings. The van der Waals surface area contributed by atoms with Crippen molar-refractivity contribution >= 4 is 34.8 Å². The lowest BCUT2D eigenvalue weighted by Crippen LogP contribution is -2.38. The Morgan fingerprint density at radius 1 is 0.912 bits per heavy atom. The highest BCUT2D eigenvalue weighted by molar-refractivity contribution is 6.01. The maximum Gasteiger partial charge on any atom is 0.326 e. The molecule has 0 aliphatic heterocycles. The number of hydrogen-bond acceptors (Lipinski definition) is 5. The van der Waals surface area contributed by atoms with Crippen LogP contribution in [0.2, 0.25) is 0 Å². The number of benzene rings is 3. The number of ether oxygens (including phenoxy) is 1. The van der Waals surface area contributed by atoms with Crippen molar-refractivity contribution in [2.45, 2.75) is 6.42 Å². The molecule has 0 bridgehead atoms. The van der Waals surface area contributed by atoms with Crippen molar-refractivity contribution in [3.05, 3.63) is 89.0 Å². The van der Waals surface area contributed by atoms with Crippen LogP contribution in [0, 0.1) is 10.1 Å². The SMILES string of the molecule is COc1ccc(NC(=O)NCCCN(C(=O)Nc2ccc([N+](=O)[O-])cc2)c2ccccc2)cc1. The molecule has 0 atom stereocenters. The van der Waals surface area contributed by atoms with E-state index in [1.165, 1.54) is 24.3 Å². The summed E-state index contributed by atoms with van der Waals surface area (Å²) >= 11 is 0. The van der Waals surface area contributed by atoms with Crippen LogP contribution in [0.15, 0.2) is 78.9 Å². The van der Waals surface area contributed by atoms with Crippen LogP contribution >= 0.6 is 0 Å². The van der Waals surface area contributed by atoms with E-state index in [4.69, 9.17) is 4.74 Å². The molecule has 10 nitrogen and oxygen atoms in total. The van der Waals surface area contributed by atoms with Crippen LogP contribution in [0.4, 0.5) is 32.3 Å². The van der Waals surface area contributed by atoms with E-state index in [9.17, 15) is 19.7 Å². The molecule has 0 heterocycles. The minimum Gasteiger partial charge on any atom is -0.497 e. The number of nitrogens with one attached hydrogen (secondary N) is 3. The Labute approximate surface area is 196 Å². The lowest BCUT2D eigenvalue weighted by molar-refractivity contribution is -0.384. The number of hydrogen-bond donors (Lipinski definition) is 3. The summed E-state index contributed by atoms with van der Waals surface area (Å²) in [5, 5.41) is 19.1. The Balaban J connectivity index is 1.54. The molecule has 0 fully saturated rings. The average Bonchev–Trinajstić information content (AvgIpc) is 2.85. The van der Waals surface area contributed by atoms with Gasteiger partial charge in [0.25, 0.3) is 5.69 Å². The average molecular weight is 463 g/mol. The number of rotatable bonds is 9. The standard InChI is InChI=1S/C24H25N5O5/c1-34-22-14-10-18(11-15-22)26-23(30)25-16-5-17-28(20-6-3-2-4-7-20)24(31)27-19-8-12-21(13-9-19)29(32)33/h2-4,6-15H,5,16-17H2,1H3,(H,27,31)(H2,25,26,30). The molecule has 0 radical (unpaired) electrons. The first-order chi connectivity index (χ1) is 16.5. The highest BCUT2D eigenvalue weighted by atomic mass is 16.6. The van der Waals surface area contributed by atoms with Gasteiger partial charge < -0.3 is 20.7 Å². The van der Waals surface area contributed by atoms with E-state index in [1.807, 2.05) is 18.2 Å². The number of methoxy groups -OCH3 is 1. The van der Waals surface area contributed by atoms with E-state index in [0.717, 1.165) is 0 Å². The van der Waals surface area contributed by atoms with Crippen molar-refractivity contribution in [2.24, 2.45) is 0 Å². The van der Waals surface area contributed by atoms with Crippen LogP contribution in [0.1, 0.15) is 6.42 Å². The van der Waals surface area contributed by atoms with Gasteiger partial charge in [-0.25, -0.2) is 9.59 Å². The van der Waals surface area contributed by atoms with Gasteiger partial charge in [0, 0.05) is 42.3 Å². The van der Waals surface area contributed by atoms with Crippen LogP contribution in [-0.4, -0.2) is 37.2 Å². The van der Waals surface area contributed by atoms with E-state index >= 15 is 0 Å². The number of urea groups is 2. The van der Waals surface area contributed by atoms with Gasteiger partial charge in [0.1, 0.15) is 5.75 Å². The van der Waals surface area contributed by atoms with Crippen molar-refractivity contribution in [2.75, 3.05) is 35.7 Å². The van der Waals surface area contributed by atoms with E-state index < -0.39 is 4.92 Å². The second kappa shape index (κ2) is 11.9. The molecule has 0 unspecified atom stereocenters. The summed E-state index contributed by atoms with van der Waals surface area (Å²) in [5.74, 6) is 0.693. The summed E-state index contributed by atoms with van der Waals surface area (Å²) in [6.07, 6.45) is 0.499. The van der Waals surface area contributed by atoms with Crippen LogP contribution in [0.3, 0.4) is 0 Å². The minimum atomic E-state index is -0.500. The molecule has 0 saturated carbocycles. The Morgan fingerprint density at radius 3 is 2.15 bits per heavy atom. The summed E-state index contributed by atoms with van der Waals surface area (Å²) < 4.78 is 5.09. The molecule has 34 heavy (non-hydrogen) atoms. The zero-order valence-corrected chi connectivity index (χ0v) is 18.6. The molecule has 0 aromatic heterocycles. The zero-order chi connectivity index (χ0) is 24.3. The number of non-ortho nitro benzene ring substituents is 1. The third kappa shape index (κ3) is 6.95. The number of para-hydroxylation sites is 1. The third-order valence-electron chi connectivity index (χ3n) is 4.83. The van der Waals surface area contributed by atoms with Gasteiger partial charge in [0.15, 0.2) is 0 Å². The molecule has 3 N–H and O–H groups in total. The highest BCUT2D eigenvalue weighted by Gasteiger charge is 2.16. The fraction of sp³-hybridized carbons (Fsp3) is 0.167. The Bertz CT molecular complexity index is 1100. The van der Waals surface area contributed by atoms with Crippen LogP contribution in [0.5, 0.6) is 5.75 Å². The number of nitro benzene ring substituents is 1. The predicted molar refractivity (Wildman–Crippen MR) is 131 cm³/mol. The van der Waals surface area contributed by atoms with Gasteiger partial charge in [-0.2, -0.15) is 0 Å². The first-order valence-corrected chi connectivity index (χ1v) is 10.5. The summed E-state index contributed by atoms with van der Waals surface area (Å²) in [6, 6.07) is 20.9. The second-order valence-corrected chi connectivity index (χ2v) is 7.18. The molecule has 3 rings (SSSR count). The Morgan fingerprint density at radius 2 is 1.53 bits per heavy atom. The van der Waals surface area contributed by atoms with Crippen LogP contribution in [-0.2, 0) is 0 Å². The summed E-state index contributed by atoms with van der Waals surface area (Å²) in [7, 11) is 1.57. The van der Waals surface area contributed by atoms with Gasteiger partial charge in [-0.3, -0.25) is 15.0 Å². The van der Waals surface area contributed by atoms with Crippen molar-refractivity contribution in [1.29, 1.82) is 0 Å². The fourth-order valence-electron chi connectivity index (χ4n) is 3.10. The van der Waals surface area contributed by atoms with Gasteiger partial charge in [-0.1, -0.05) is 18.2 Å². The lowest BCUT2D eigenvalue weighted by Gasteiger charge is -2.23. The van der Waals surface area contributed by atoms with Gasteiger partial charge >= 0.3 is 12.1 Å². The van der Waals surface area contributed by atoms with E-state index in [-0.39, 0.29) is 17.7 Å². The topological polar surface area (TPSA) is 126 Å². The third-order valence-corrected chi connectivity index (χ3v) is 4.83. The van der Waals surface area contributed by atoms with Crippen molar-refractivity contribution < 1.29 is 19.2 Å². The molecule has 10 heteroatoms. The molecule has 0 aliphatic carbocycles. The molecule has 0 saturated heterocycles. The number of carbonyl (C=O) groups is 2. The summed E-state index contributed by atoms with van der Waals surface area (Å²) in [5.41, 5.74) is 1.70. The molecule has 4 amide bonds. The van der Waals surface area contributed by atoms with E-state index in [1.54, 1.807) is 48.4 Å². The van der Waals surface area contributed by atoms with Gasteiger partial charge in [-0.15, -0.1) is 0 Å². The molecule has 176 valence electrons. The normalized spacial score (nSPS) is 10.1. The summed E-state index contributed by atoms with van der Waals surface area (Å²) in [4.78, 5) is 36.9. The first kappa shape index (κ1) is 24.1. The number of anilines is 3. The van der Waals surface area contributed by atoms with Crippen LogP contribution < -0.4 is 25.6 Å². The van der Waals surface area contributed by atoms with Gasteiger partial charge in [0.2, 0.25) is 0 Å². The first-order valence-electron chi connectivity index (χ1n) is 10.5. The van der Waals surface area contributed by atoms with Gasteiger partial charge in [0.05, 0.1) is 12.0 Å². The van der Waals surface area contributed by atoms with Crippen molar-refractivity contribution in [1.82, 2.24) is 5.32 Å². The number of amides is 4. The molecule has 0 aliphatic rings. The zero-order valence-electron chi connectivity index (χ0n) is 18.6. The van der Waals surface area contributed by atoms with E-state index in [0.29, 0.717) is 42.3 Å². The molecule has 3 aromatic carbocycles. The maximum absolute atomic E-state index is 12.9. The fourth-order valence-corrected chi connectivity index (χ4v) is 3.10. The minimum absolute atomic E-state index is 0.0584. The lowest BCUT2D eigenvalue weighted by atomic mass is 10.2. The van der Waals surface area contributed by atoms with E-state index in [2.05, 4.69) is 16.0 Å². The largest absolute Gasteiger partial charge is 0.497 e. The quantitative estimate of drug-likeness (QED) is 0.237. The Hall–Kier alpha value is -4.60. The monoisotopic (exact) mass is 463 g/mol. The number of carbonyl (C=O) groups excluding carboxylic acids is 2. The molecular formula is C24H25N5O5. The second-order valence-electron chi connectivity index (χ2n) is 7.18. The van der Waals surface area contributed by atoms with Gasteiger partial charge in [-0.05, 0) is 55.0 Å². The highest BCUT2D eigenvalue weighted by Crippen LogP contribution is 2.19. The van der Waals surface area contributed by atoms with Crippen molar-refractivity contribution in [3.63, 3.8) is 0 Å².